The molecule has 1 fully saturated rings. The summed E-state index contributed by atoms with van der Waals surface area (Å²) in [6.07, 6.45) is 2.55. The van der Waals surface area contributed by atoms with Gasteiger partial charge in [0.2, 0.25) is 0 Å². The zero-order chi connectivity index (χ0) is 8.69. The zero-order valence-electron chi connectivity index (χ0n) is 7.47. The van der Waals surface area contributed by atoms with Crippen LogP contribution in [-0.2, 0) is 4.79 Å². The molecule has 3 heteroatoms. The van der Waals surface area contributed by atoms with E-state index < -0.39 is 0 Å². The third-order valence-electron chi connectivity index (χ3n) is 1.58. The minimum absolute atomic E-state index is 0.417. The molecule has 1 rings (SSSR count). The second-order valence-electron chi connectivity index (χ2n) is 2.43. The summed E-state index contributed by atoms with van der Waals surface area (Å²) in [4.78, 5) is 10.8. The van der Waals surface area contributed by atoms with Crippen molar-refractivity contribution in [2.24, 2.45) is 0 Å². The van der Waals surface area contributed by atoms with E-state index in [1.165, 1.54) is 0 Å². The normalized spacial score (nSPS) is 20.1. The van der Waals surface area contributed by atoms with Crippen LogP contribution in [0, 0.1) is 0 Å². The monoisotopic (exact) mass is 175 g/mol. The first-order valence-corrected chi connectivity index (χ1v) is 4.82. The first-order valence-electron chi connectivity index (χ1n) is 4.30. The predicted molar refractivity (Wildman–Crippen MR) is 51.5 cm³/mol. The third-order valence-corrected chi connectivity index (χ3v) is 2.10. The molecule has 0 bridgehead atoms. The van der Waals surface area contributed by atoms with Gasteiger partial charge < -0.3 is 0 Å². The molecule has 2 nitrogen and oxygen atoms in total. The second-order valence-corrected chi connectivity index (χ2v) is 3.16. The summed E-state index contributed by atoms with van der Waals surface area (Å²) in [5.74, 6) is 0.417. The highest BCUT2D eigenvalue weighted by atomic mass is 31.0. The van der Waals surface area contributed by atoms with Gasteiger partial charge in [-0.25, -0.2) is 0 Å². The molecular weight excluding hydrogens is 157 g/mol. The Hall–Kier alpha value is 0.0600. The molecule has 0 radical (unpaired) electrons. The molecule has 0 saturated carbocycles. The quantitative estimate of drug-likeness (QED) is 0.524. The Labute approximate surface area is 71.6 Å². The number of carbonyl (C=O) groups excluding carboxylic acids is 1. The van der Waals surface area contributed by atoms with Crippen molar-refractivity contribution in [1.29, 1.82) is 0 Å². The van der Waals surface area contributed by atoms with Gasteiger partial charge in [-0.3, -0.25) is 9.46 Å². The van der Waals surface area contributed by atoms with Gasteiger partial charge in [0, 0.05) is 25.9 Å². The highest BCUT2D eigenvalue weighted by Gasteiger charge is 2.09. The van der Waals surface area contributed by atoms with Crippen LogP contribution in [0.15, 0.2) is 0 Å². The van der Waals surface area contributed by atoms with Gasteiger partial charge in [0.05, 0.1) is 0 Å². The molecule has 1 heterocycles. The Morgan fingerprint density at radius 1 is 1.27 bits per heavy atom. The maximum Gasteiger partial charge on any atom is 0.134 e. The first kappa shape index (κ1) is 11.1. The number of nitrogens with zero attached hydrogens (tertiary/aromatic N) is 1. The van der Waals surface area contributed by atoms with Crippen molar-refractivity contribution >= 4 is 15.2 Å². The molecule has 0 spiro atoms. The fraction of sp³-hybridized carbons (Fsp3) is 0.875. The van der Waals surface area contributed by atoms with Gasteiger partial charge in [0.1, 0.15) is 5.78 Å². The molecule has 0 N–H and O–H groups in total. The zero-order valence-corrected chi connectivity index (χ0v) is 8.62. The lowest BCUT2D eigenvalue weighted by atomic mass is 10.2. The average Bonchev–Trinajstić information content (AvgIpc) is 2.20. The van der Waals surface area contributed by atoms with Gasteiger partial charge in [0.15, 0.2) is 0 Å². The van der Waals surface area contributed by atoms with Crippen LogP contribution >= 0.6 is 9.39 Å². The van der Waals surface area contributed by atoms with Crippen LogP contribution in [-0.4, -0.2) is 23.5 Å². The Balaban J connectivity index is 0.000000461. The lowest BCUT2D eigenvalue weighted by Gasteiger charge is -2.09. The van der Waals surface area contributed by atoms with Crippen LogP contribution in [0.1, 0.15) is 33.1 Å². The van der Waals surface area contributed by atoms with Crippen LogP contribution in [0.3, 0.4) is 0 Å². The van der Waals surface area contributed by atoms with Crippen molar-refractivity contribution in [1.82, 2.24) is 4.67 Å². The number of carbonyl (C=O) groups is 1. The summed E-state index contributed by atoms with van der Waals surface area (Å²) in [6, 6.07) is 0. The topological polar surface area (TPSA) is 20.3 Å². The highest BCUT2D eigenvalue weighted by Crippen LogP contribution is 2.09. The van der Waals surface area contributed by atoms with Gasteiger partial charge in [-0.2, -0.15) is 0 Å². The maximum atomic E-state index is 10.8. The molecule has 0 aromatic heterocycles. The van der Waals surface area contributed by atoms with Gasteiger partial charge in [-0.05, 0) is 6.42 Å². The minimum Gasteiger partial charge on any atom is -0.300 e. The molecule has 1 saturated heterocycles. The van der Waals surface area contributed by atoms with Gasteiger partial charge in [0.25, 0.3) is 0 Å². The van der Waals surface area contributed by atoms with E-state index in [1.54, 1.807) is 0 Å². The van der Waals surface area contributed by atoms with Crippen LogP contribution in [0.25, 0.3) is 0 Å². The van der Waals surface area contributed by atoms with E-state index in [4.69, 9.17) is 0 Å². The second kappa shape index (κ2) is 6.75. The van der Waals surface area contributed by atoms with Crippen LogP contribution < -0.4 is 0 Å². The van der Waals surface area contributed by atoms with Crippen molar-refractivity contribution < 1.29 is 4.79 Å². The van der Waals surface area contributed by atoms with Crippen molar-refractivity contribution in [3.63, 3.8) is 0 Å². The summed E-state index contributed by atoms with van der Waals surface area (Å²) in [6.45, 7) is 5.97. The maximum absolute atomic E-state index is 10.8. The summed E-state index contributed by atoms with van der Waals surface area (Å²) in [5, 5.41) is 0. The first-order chi connectivity index (χ1) is 5.29. The molecule has 1 atom stereocenters. The van der Waals surface area contributed by atoms with Crippen molar-refractivity contribution in [3.8, 4) is 0 Å². The molecule has 1 aliphatic heterocycles. The van der Waals surface area contributed by atoms with E-state index in [1.807, 2.05) is 13.8 Å². The largest absolute Gasteiger partial charge is 0.300 e. The van der Waals surface area contributed by atoms with Gasteiger partial charge in [-0.1, -0.05) is 23.2 Å². The SMILES string of the molecule is CC.O=C1CCCN(P)CC1. The van der Waals surface area contributed by atoms with E-state index in [9.17, 15) is 4.79 Å². The highest BCUT2D eigenvalue weighted by molar-refractivity contribution is 7.13. The van der Waals surface area contributed by atoms with E-state index in [0.717, 1.165) is 32.4 Å². The molecule has 0 aromatic carbocycles. The number of rotatable bonds is 0. The van der Waals surface area contributed by atoms with Crippen LogP contribution in [0.4, 0.5) is 0 Å². The average molecular weight is 175 g/mol. The molecule has 0 aliphatic carbocycles. The number of ketones is 1. The lowest BCUT2D eigenvalue weighted by molar-refractivity contribution is -0.118. The number of hydrogen-bond acceptors (Lipinski definition) is 2. The summed E-state index contributed by atoms with van der Waals surface area (Å²) in [5.41, 5.74) is 0. The molecule has 0 amide bonds. The number of Topliss-reactive ketones (excluding diaryl/α,β-unsaturated/α-hetero) is 1. The molecule has 11 heavy (non-hydrogen) atoms. The molecule has 1 aliphatic rings. The Bertz CT molecular complexity index is 117. The summed E-state index contributed by atoms with van der Waals surface area (Å²) < 4.78 is 2.13. The third kappa shape index (κ3) is 5.34. The van der Waals surface area contributed by atoms with E-state index in [-0.39, 0.29) is 0 Å². The fourth-order valence-corrected chi connectivity index (χ4v) is 1.30. The van der Waals surface area contributed by atoms with Crippen molar-refractivity contribution in [2.75, 3.05) is 13.1 Å². The Morgan fingerprint density at radius 2 is 1.91 bits per heavy atom. The summed E-state index contributed by atoms with van der Waals surface area (Å²) in [7, 11) is 2.64. The van der Waals surface area contributed by atoms with E-state index in [0.29, 0.717) is 5.78 Å². The van der Waals surface area contributed by atoms with Crippen LogP contribution in [0.5, 0.6) is 0 Å². The fourth-order valence-electron chi connectivity index (χ4n) is 0.984. The van der Waals surface area contributed by atoms with Crippen molar-refractivity contribution in [3.05, 3.63) is 0 Å². The van der Waals surface area contributed by atoms with Gasteiger partial charge in [-0.15, -0.1) is 0 Å². The molecule has 66 valence electrons. The smallest absolute Gasteiger partial charge is 0.134 e. The molecule has 0 aromatic rings. The van der Waals surface area contributed by atoms with E-state index in [2.05, 4.69) is 14.1 Å². The standard InChI is InChI=1S/C6H12NOP.C2H6/c8-6-2-1-4-7(9)5-3-6;1-2/h1-5,9H2;1-2H3. The Kier molecular flexibility index (Phi) is 6.79. The van der Waals surface area contributed by atoms with Crippen LogP contribution in [0.2, 0.25) is 0 Å². The molecule has 1 unspecified atom stereocenters. The summed E-state index contributed by atoms with van der Waals surface area (Å²) >= 11 is 0. The number of hydrogen-bond donors (Lipinski definition) is 0. The Morgan fingerprint density at radius 3 is 2.55 bits per heavy atom. The van der Waals surface area contributed by atoms with Crippen molar-refractivity contribution in [2.45, 2.75) is 33.1 Å². The van der Waals surface area contributed by atoms with E-state index >= 15 is 0 Å². The predicted octanol–water partition coefficient (Wildman–Crippen LogP) is 1.86. The minimum atomic E-state index is 0.417. The lowest BCUT2D eigenvalue weighted by Crippen LogP contribution is -2.11. The molecular formula is C8H18NOP. The van der Waals surface area contributed by atoms with Gasteiger partial charge >= 0.3 is 0 Å².